The highest BCUT2D eigenvalue weighted by Crippen LogP contribution is 2.28. The molecule has 0 aromatic heterocycles. The average molecular weight is 246 g/mol. The SMILES string of the molecule is CC(C)C1CCN(C2CS(=O)(=O)CC2N)C1. The first-order chi connectivity index (χ1) is 7.39. The van der Waals surface area contributed by atoms with Gasteiger partial charge in [0.25, 0.3) is 0 Å². The van der Waals surface area contributed by atoms with E-state index < -0.39 is 9.84 Å². The van der Waals surface area contributed by atoms with E-state index in [9.17, 15) is 8.42 Å². The predicted octanol–water partition coefficient (Wildman–Crippen LogP) is 0.0886. The zero-order chi connectivity index (χ0) is 11.9. The van der Waals surface area contributed by atoms with Crippen molar-refractivity contribution in [3.63, 3.8) is 0 Å². The average Bonchev–Trinajstić information content (AvgIpc) is 2.69. The van der Waals surface area contributed by atoms with Gasteiger partial charge < -0.3 is 5.73 Å². The number of rotatable bonds is 2. The van der Waals surface area contributed by atoms with Crippen molar-refractivity contribution in [1.82, 2.24) is 4.90 Å². The van der Waals surface area contributed by atoms with Crippen LogP contribution in [-0.2, 0) is 9.84 Å². The molecule has 2 rings (SSSR count). The molecule has 2 saturated heterocycles. The van der Waals surface area contributed by atoms with Gasteiger partial charge in [-0.25, -0.2) is 8.42 Å². The summed E-state index contributed by atoms with van der Waals surface area (Å²) in [6.45, 7) is 6.50. The second kappa shape index (κ2) is 4.27. The normalized spacial score (nSPS) is 39.6. The van der Waals surface area contributed by atoms with Gasteiger partial charge in [-0.15, -0.1) is 0 Å². The smallest absolute Gasteiger partial charge is 0.153 e. The van der Waals surface area contributed by atoms with Crippen LogP contribution in [0.5, 0.6) is 0 Å². The van der Waals surface area contributed by atoms with Crippen LogP contribution in [0, 0.1) is 11.8 Å². The lowest BCUT2D eigenvalue weighted by Crippen LogP contribution is -2.46. The van der Waals surface area contributed by atoms with Crippen molar-refractivity contribution >= 4 is 9.84 Å². The Balaban J connectivity index is 2.00. The maximum Gasteiger partial charge on any atom is 0.153 e. The van der Waals surface area contributed by atoms with Crippen molar-refractivity contribution in [2.24, 2.45) is 17.6 Å². The van der Waals surface area contributed by atoms with Crippen LogP contribution in [0.3, 0.4) is 0 Å². The molecular weight excluding hydrogens is 224 g/mol. The summed E-state index contributed by atoms with van der Waals surface area (Å²) in [6.07, 6.45) is 1.18. The number of hydrogen-bond donors (Lipinski definition) is 1. The molecule has 0 spiro atoms. The zero-order valence-corrected chi connectivity index (χ0v) is 10.9. The number of likely N-dealkylation sites (tertiary alicyclic amines) is 1. The molecular formula is C11H22N2O2S. The van der Waals surface area contributed by atoms with Gasteiger partial charge in [-0.1, -0.05) is 13.8 Å². The zero-order valence-electron chi connectivity index (χ0n) is 10.1. The molecule has 0 amide bonds. The molecule has 94 valence electrons. The maximum absolute atomic E-state index is 11.5. The third-order valence-electron chi connectivity index (χ3n) is 4.03. The first-order valence-corrected chi connectivity index (χ1v) is 7.91. The first-order valence-electron chi connectivity index (χ1n) is 6.09. The van der Waals surface area contributed by atoms with Crippen molar-refractivity contribution in [2.75, 3.05) is 24.6 Å². The number of nitrogens with zero attached hydrogens (tertiary/aromatic N) is 1. The summed E-state index contributed by atoms with van der Waals surface area (Å²) in [5.41, 5.74) is 5.94. The highest BCUT2D eigenvalue weighted by molar-refractivity contribution is 7.91. The molecule has 0 aromatic rings. The van der Waals surface area contributed by atoms with Gasteiger partial charge in [0, 0.05) is 18.6 Å². The van der Waals surface area contributed by atoms with Gasteiger partial charge in [0.05, 0.1) is 11.5 Å². The van der Waals surface area contributed by atoms with Crippen molar-refractivity contribution in [3.05, 3.63) is 0 Å². The Kier molecular flexibility index (Phi) is 3.29. The van der Waals surface area contributed by atoms with E-state index >= 15 is 0 Å². The van der Waals surface area contributed by atoms with Gasteiger partial charge in [0.1, 0.15) is 0 Å². The van der Waals surface area contributed by atoms with Gasteiger partial charge >= 0.3 is 0 Å². The molecule has 3 atom stereocenters. The minimum absolute atomic E-state index is 0.0637. The van der Waals surface area contributed by atoms with Crippen LogP contribution in [0.15, 0.2) is 0 Å². The lowest BCUT2D eigenvalue weighted by atomic mass is 9.95. The van der Waals surface area contributed by atoms with Crippen molar-refractivity contribution in [2.45, 2.75) is 32.4 Å². The van der Waals surface area contributed by atoms with Gasteiger partial charge in [-0.2, -0.15) is 0 Å². The van der Waals surface area contributed by atoms with E-state index in [-0.39, 0.29) is 23.6 Å². The molecule has 2 heterocycles. The lowest BCUT2D eigenvalue weighted by Gasteiger charge is -2.26. The monoisotopic (exact) mass is 246 g/mol. The van der Waals surface area contributed by atoms with E-state index in [1.165, 1.54) is 6.42 Å². The number of sulfone groups is 1. The number of nitrogens with two attached hydrogens (primary N) is 1. The molecule has 3 unspecified atom stereocenters. The van der Waals surface area contributed by atoms with E-state index in [1.54, 1.807) is 0 Å². The summed E-state index contributed by atoms with van der Waals surface area (Å²) in [7, 11) is -2.89. The minimum Gasteiger partial charge on any atom is -0.325 e. The van der Waals surface area contributed by atoms with E-state index in [1.807, 2.05) is 0 Å². The highest BCUT2D eigenvalue weighted by atomic mass is 32.2. The summed E-state index contributed by atoms with van der Waals surface area (Å²) in [5.74, 6) is 1.81. The van der Waals surface area contributed by atoms with E-state index in [0.29, 0.717) is 11.8 Å². The van der Waals surface area contributed by atoms with Gasteiger partial charge in [-0.05, 0) is 24.8 Å². The molecule has 2 aliphatic heterocycles. The Morgan fingerprint density at radius 1 is 1.31 bits per heavy atom. The Morgan fingerprint density at radius 2 is 2.00 bits per heavy atom. The maximum atomic E-state index is 11.5. The van der Waals surface area contributed by atoms with Gasteiger partial charge in [0.2, 0.25) is 0 Å². The van der Waals surface area contributed by atoms with Crippen LogP contribution in [0.1, 0.15) is 20.3 Å². The topological polar surface area (TPSA) is 63.4 Å². The molecule has 16 heavy (non-hydrogen) atoms. The fourth-order valence-corrected chi connectivity index (χ4v) is 4.82. The predicted molar refractivity (Wildman–Crippen MR) is 64.9 cm³/mol. The van der Waals surface area contributed by atoms with Gasteiger partial charge in [-0.3, -0.25) is 4.90 Å². The standard InChI is InChI=1S/C11H22N2O2S/c1-8(2)9-3-4-13(5-9)11-7-16(14,15)6-10(11)12/h8-11H,3-7,12H2,1-2H3. The third kappa shape index (κ3) is 2.41. The number of hydrogen-bond acceptors (Lipinski definition) is 4. The quantitative estimate of drug-likeness (QED) is 0.750. The fourth-order valence-electron chi connectivity index (χ4n) is 2.89. The molecule has 2 N–H and O–H groups in total. The van der Waals surface area contributed by atoms with Crippen LogP contribution >= 0.6 is 0 Å². The minimum atomic E-state index is -2.89. The molecule has 4 nitrogen and oxygen atoms in total. The first kappa shape index (κ1) is 12.3. The summed E-state index contributed by atoms with van der Waals surface area (Å²) >= 11 is 0. The molecule has 2 aliphatic rings. The summed E-state index contributed by atoms with van der Waals surface area (Å²) in [4.78, 5) is 2.29. The Morgan fingerprint density at radius 3 is 2.44 bits per heavy atom. The van der Waals surface area contributed by atoms with E-state index in [2.05, 4.69) is 18.7 Å². The largest absolute Gasteiger partial charge is 0.325 e. The molecule has 0 aromatic carbocycles. The Bertz CT molecular complexity index is 353. The van der Waals surface area contributed by atoms with E-state index in [4.69, 9.17) is 5.73 Å². The Hall–Kier alpha value is -0.130. The summed E-state index contributed by atoms with van der Waals surface area (Å²) in [5, 5.41) is 0. The Labute approximate surface area is 98.1 Å². The van der Waals surface area contributed by atoms with Crippen molar-refractivity contribution < 1.29 is 8.42 Å². The van der Waals surface area contributed by atoms with Crippen LogP contribution in [0.4, 0.5) is 0 Å². The molecule has 0 radical (unpaired) electrons. The molecule has 0 saturated carbocycles. The van der Waals surface area contributed by atoms with Gasteiger partial charge in [0.15, 0.2) is 9.84 Å². The van der Waals surface area contributed by atoms with Crippen LogP contribution in [-0.4, -0.2) is 50.0 Å². The van der Waals surface area contributed by atoms with Crippen molar-refractivity contribution in [1.29, 1.82) is 0 Å². The fraction of sp³-hybridized carbons (Fsp3) is 1.00. The van der Waals surface area contributed by atoms with E-state index in [0.717, 1.165) is 13.1 Å². The third-order valence-corrected chi connectivity index (χ3v) is 5.78. The van der Waals surface area contributed by atoms with Crippen LogP contribution in [0.2, 0.25) is 0 Å². The molecule has 0 aliphatic carbocycles. The molecule has 2 fully saturated rings. The second-order valence-corrected chi connectivity index (χ2v) is 7.75. The second-order valence-electron chi connectivity index (χ2n) is 5.60. The molecule has 5 heteroatoms. The summed E-state index contributed by atoms with van der Waals surface area (Å²) < 4.78 is 23.0. The highest BCUT2D eigenvalue weighted by Gasteiger charge is 2.41. The molecule has 0 bridgehead atoms. The van der Waals surface area contributed by atoms with Crippen LogP contribution < -0.4 is 5.73 Å². The summed E-state index contributed by atoms with van der Waals surface area (Å²) in [6, 6.07) is -0.121. The van der Waals surface area contributed by atoms with Crippen LogP contribution in [0.25, 0.3) is 0 Å². The van der Waals surface area contributed by atoms with Crippen molar-refractivity contribution in [3.8, 4) is 0 Å². The lowest BCUT2D eigenvalue weighted by molar-refractivity contribution is 0.227.